The Kier molecular flexibility index (Phi) is 3.76. The van der Waals surface area contributed by atoms with Gasteiger partial charge >= 0.3 is 0 Å². The molecule has 3 rings (SSSR count). The summed E-state index contributed by atoms with van der Waals surface area (Å²) < 4.78 is 0. The van der Waals surface area contributed by atoms with Gasteiger partial charge in [-0.3, -0.25) is 4.79 Å². The number of nitrogen functional groups attached to an aromatic ring is 1. The topological polar surface area (TPSA) is 68.0 Å². The van der Waals surface area contributed by atoms with Crippen molar-refractivity contribution in [3.05, 3.63) is 51.5 Å². The molecule has 2 heterocycles. The number of halogens is 1. The van der Waals surface area contributed by atoms with Crippen molar-refractivity contribution < 1.29 is 4.79 Å². The number of benzene rings is 1. The molecule has 0 saturated heterocycles. The molecule has 0 spiro atoms. The van der Waals surface area contributed by atoms with E-state index >= 15 is 0 Å². The van der Waals surface area contributed by atoms with Crippen molar-refractivity contribution >= 4 is 50.4 Å². The van der Waals surface area contributed by atoms with Crippen molar-refractivity contribution in [1.82, 2.24) is 4.98 Å². The average molecular weight is 332 g/mol. The third-order valence-corrected chi connectivity index (χ3v) is 4.89. The van der Waals surface area contributed by atoms with Crippen LogP contribution in [0.1, 0.15) is 20.8 Å². The van der Waals surface area contributed by atoms with Gasteiger partial charge in [0.2, 0.25) is 0 Å². The Hall–Kier alpha value is -2.11. The molecule has 6 heteroatoms. The monoisotopic (exact) mass is 331 g/mol. The molecule has 2 aromatic heterocycles. The number of nitrogens with two attached hydrogens (primary N) is 1. The summed E-state index contributed by atoms with van der Waals surface area (Å²) in [5, 5.41) is 4.25. The van der Waals surface area contributed by atoms with E-state index in [0.717, 1.165) is 21.3 Å². The van der Waals surface area contributed by atoms with E-state index in [1.807, 2.05) is 32.0 Å². The van der Waals surface area contributed by atoms with Gasteiger partial charge in [0, 0.05) is 22.3 Å². The summed E-state index contributed by atoms with van der Waals surface area (Å²) in [6.45, 7) is 3.85. The van der Waals surface area contributed by atoms with Crippen LogP contribution in [-0.2, 0) is 0 Å². The first-order valence-electron chi connectivity index (χ1n) is 6.68. The van der Waals surface area contributed by atoms with Gasteiger partial charge in [-0.25, -0.2) is 4.98 Å². The van der Waals surface area contributed by atoms with Crippen molar-refractivity contribution in [1.29, 1.82) is 0 Å². The summed E-state index contributed by atoms with van der Waals surface area (Å²) in [5.41, 5.74) is 9.17. The average Bonchev–Trinajstić information content (AvgIpc) is 2.80. The van der Waals surface area contributed by atoms with E-state index in [2.05, 4.69) is 10.3 Å². The normalized spacial score (nSPS) is 10.9. The zero-order chi connectivity index (χ0) is 15.9. The number of carbonyl (C=O) groups is 1. The molecule has 0 saturated carbocycles. The SMILES string of the molecule is Cc1cnc2sc(C(=O)Nc3ccc(C)c(Cl)c3)c(N)c2c1. The van der Waals surface area contributed by atoms with E-state index in [1.165, 1.54) is 11.3 Å². The van der Waals surface area contributed by atoms with Gasteiger partial charge in [-0.15, -0.1) is 11.3 Å². The minimum atomic E-state index is -0.252. The Morgan fingerprint density at radius 1 is 1.32 bits per heavy atom. The third kappa shape index (κ3) is 2.65. The Labute approximate surface area is 136 Å². The molecule has 1 amide bonds. The summed E-state index contributed by atoms with van der Waals surface area (Å²) >= 11 is 7.36. The minimum absolute atomic E-state index is 0.252. The Bertz CT molecular complexity index is 888. The fourth-order valence-electron chi connectivity index (χ4n) is 2.13. The van der Waals surface area contributed by atoms with E-state index in [4.69, 9.17) is 17.3 Å². The van der Waals surface area contributed by atoms with E-state index < -0.39 is 0 Å². The molecule has 4 nitrogen and oxygen atoms in total. The van der Waals surface area contributed by atoms with Gasteiger partial charge in [0.05, 0.1) is 5.69 Å². The first-order chi connectivity index (χ1) is 10.5. The van der Waals surface area contributed by atoms with Gasteiger partial charge in [0.15, 0.2) is 0 Å². The molecule has 0 aliphatic rings. The van der Waals surface area contributed by atoms with Gasteiger partial charge in [0.1, 0.15) is 9.71 Å². The molecular formula is C16H14ClN3OS. The predicted octanol–water partition coefficient (Wildman–Crippen LogP) is 4.40. The fraction of sp³-hybridized carbons (Fsp3) is 0.125. The lowest BCUT2D eigenvalue weighted by Crippen LogP contribution is -2.11. The van der Waals surface area contributed by atoms with Crippen LogP contribution in [0, 0.1) is 13.8 Å². The number of hydrogen-bond acceptors (Lipinski definition) is 4. The fourth-order valence-corrected chi connectivity index (χ4v) is 3.25. The molecule has 3 N–H and O–H groups in total. The molecule has 3 aromatic rings. The lowest BCUT2D eigenvalue weighted by Gasteiger charge is -2.06. The summed E-state index contributed by atoms with van der Waals surface area (Å²) in [7, 11) is 0. The molecule has 0 radical (unpaired) electrons. The van der Waals surface area contributed by atoms with Crippen LogP contribution in [0.5, 0.6) is 0 Å². The number of thiophene rings is 1. The van der Waals surface area contributed by atoms with Crippen molar-refractivity contribution in [2.75, 3.05) is 11.1 Å². The minimum Gasteiger partial charge on any atom is -0.397 e. The van der Waals surface area contributed by atoms with Crippen LogP contribution >= 0.6 is 22.9 Å². The first-order valence-corrected chi connectivity index (χ1v) is 7.87. The maximum atomic E-state index is 12.4. The number of aromatic nitrogens is 1. The number of amides is 1. The maximum Gasteiger partial charge on any atom is 0.267 e. The smallest absolute Gasteiger partial charge is 0.267 e. The quantitative estimate of drug-likeness (QED) is 0.731. The van der Waals surface area contributed by atoms with E-state index in [-0.39, 0.29) is 5.91 Å². The highest BCUT2D eigenvalue weighted by atomic mass is 35.5. The van der Waals surface area contributed by atoms with Crippen LogP contribution in [0.25, 0.3) is 10.2 Å². The van der Waals surface area contributed by atoms with Gasteiger partial charge in [-0.2, -0.15) is 0 Å². The second-order valence-corrected chi connectivity index (χ2v) is 6.53. The molecule has 22 heavy (non-hydrogen) atoms. The van der Waals surface area contributed by atoms with Crippen LogP contribution < -0.4 is 11.1 Å². The zero-order valence-corrected chi connectivity index (χ0v) is 13.7. The van der Waals surface area contributed by atoms with Crippen LogP contribution in [0.15, 0.2) is 30.5 Å². The number of fused-ring (bicyclic) bond motifs is 1. The highest BCUT2D eigenvalue weighted by Crippen LogP contribution is 2.33. The molecular weight excluding hydrogens is 318 g/mol. The molecule has 1 aromatic carbocycles. The lowest BCUT2D eigenvalue weighted by molar-refractivity contribution is 0.103. The van der Waals surface area contributed by atoms with Gasteiger partial charge < -0.3 is 11.1 Å². The highest BCUT2D eigenvalue weighted by molar-refractivity contribution is 7.21. The predicted molar refractivity (Wildman–Crippen MR) is 92.9 cm³/mol. The molecule has 0 unspecified atom stereocenters. The molecule has 0 atom stereocenters. The number of aryl methyl sites for hydroxylation is 2. The summed E-state index contributed by atoms with van der Waals surface area (Å²) in [4.78, 5) is 18.0. The molecule has 112 valence electrons. The third-order valence-electron chi connectivity index (χ3n) is 3.36. The number of hydrogen-bond donors (Lipinski definition) is 2. The second kappa shape index (κ2) is 5.59. The standard InChI is InChI=1S/C16H14ClN3OS/c1-8-5-11-13(18)14(22-16(11)19-7-8)15(21)20-10-4-3-9(2)12(17)6-10/h3-7H,18H2,1-2H3,(H,20,21). The molecule has 0 aliphatic carbocycles. The van der Waals surface area contributed by atoms with Crippen molar-refractivity contribution in [2.24, 2.45) is 0 Å². The number of anilines is 2. The van der Waals surface area contributed by atoms with Crippen LogP contribution in [0.2, 0.25) is 5.02 Å². The molecule has 0 fully saturated rings. The van der Waals surface area contributed by atoms with E-state index in [1.54, 1.807) is 12.3 Å². The summed E-state index contributed by atoms with van der Waals surface area (Å²) in [5.74, 6) is -0.252. The highest BCUT2D eigenvalue weighted by Gasteiger charge is 2.17. The van der Waals surface area contributed by atoms with Crippen LogP contribution in [-0.4, -0.2) is 10.9 Å². The number of nitrogens with zero attached hydrogens (tertiary/aromatic N) is 1. The van der Waals surface area contributed by atoms with Crippen LogP contribution in [0.3, 0.4) is 0 Å². The zero-order valence-electron chi connectivity index (χ0n) is 12.1. The van der Waals surface area contributed by atoms with Crippen molar-refractivity contribution in [3.8, 4) is 0 Å². The van der Waals surface area contributed by atoms with Gasteiger partial charge in [0.25, 0.3) is 5.91 Å². The summed E-state index contributed by atoms with van der Waals surface area (Å²) in [6, 6.07) is 7.33. The maximum absolute atomic E-state index is 12.4. The Morgan fingerprint density at radius 2 is 2.09 bits per heavy atom. The lowest BCUT2D eigenvalue weighted by atomic mass is 10.2. The van der Waals surface area contributed by atoms with Gasteiger partial charge in [-0.1, -0.05) is 17.7 Å². The van der Waals surface area contributed by atoms with E-state index in [9.17, 15) is 4.79 Å². The Morgan fingerprint density at radius 3 is 2.82 bits per heavy atom. The number of nitrogens with one attached hydrogen (secondary N) is 1. The molecule has 0 aliphatic heterocycles. The second-order valence-electron chi connectivity index (χ2n) is 5.13. The van der Waals surface area contributed by atoms with Crippen molar-refractivity contribution in [3.63, 3.8) is 0 Å². The first kappa shape index (κ1) is 14.8. The summed E-state index contributed by atoms with van der Waals surface area (Å²) in [6.07, 6.45) is 1.76. The van der Waals surface area contributed by atoms with E-state index in [0.29, 0.717) is 21.3 Å². The number of rotatable bonds is 2. The largest absolute Gasteiger partial charge is 0.397 e. The molecule has 0 bridgehead atoms. The van der Waals surface area contributed by atoms with Crippen LogP contribution in [0.4, 0.5) is 11.4 Å². The van der Waals surface area contributed by atoms with Crippen molar-refractivity contribution in [2.45, 2.75) is 13.8 Å². The van der Waals surface area contributed by atoms with Gasteiger partial charge in [-0.05, 0) is 43.2 Å². The Balaban J connectivity index is 1.95. The number of carbonyl (C=O) groups excluding carboxylic acids is 1. The number of pyridine rings is 1.